The van der Waals surface area contributed by atoms with Crippen LogP contribution in [0, 0.1) is 6.92 Å². The minimum atomic E-state index is 0.737. The Kier molecular flexibility index (Phi) is 5.75. The molecule has 0 aliphatic carbocycles. The summed E-state index contributed by atoms with van der Waals surface area (Å²) < 4.78 is 0. The Bertz CT molecular complexity index is 302. The molecule has 1 aliphatic rings. The molecule has 16 heavy (non-hydrogen) atoms. The van der Waals surface area contributed by atoms with E-state index in [1.54, 1.807) is 0 Å². The van der Waals surface area contributed by atoms with Gasteiger partial charge in [-0.25, -0.2) is 0 Å². The molecule has 1 aromatic rings. The number of aryl methyl sites for hydroxylation is 1. The number of carbonyl (C=O) groups is 1. The maximum atomic E-state index is 10.1. The fourth-order valence-electron chi connectivity index (χ4n) is 1.42. The Labute approximate surface area is 97.5 Å². The van der Waals surface area contributed by atoms with Crippen molar-refractivity contribution in [3.8, 4) is 0 Å². The SMILES string of the molecule is CN1CCNCC1.Cc1ccc(C=O)cc1. The summed E-state index contributed by atoms with van der Waals surface area (Å²) in [5, 5.41) is 3.27. The van der Waals surface area contributed by atoms with Gasteiger partial charge >= 0.3 is 0 Å². The molecule has 0 spiro atoms. The average Bonchev–Trinajstić information content (AvgIpc) is 2.32. The van der Waals surface area contributed by atoms with Crippen LogP contribution in [0.2, 0.25) is 0 Å². The van der Waals surface area contributed by atoms with E-state index in [-0.39, 0.29) is 0 Å². The molecule has 0 atom stereocenters. The van der Waals surface area contributed by atoms with E-state index in [0.29, 0.717) is 0 Å². The van der Waals surface area contributed by atoms with E-state index in [2.05, 4.69) is 17.3 Å². The second kappa shape index (κ2) is 7.14. The Morgan fingerprint density at radius 2 is 1.75 bits per heavy atom. The quantitative estimate of drug-likeness (QED) is 0.725. The summed E-state index contributed by atoms with van der Waals surface area (Å²) in [4.78, 5) is 12.4. The first kappa shape index (κ1) is 12.9. The predicted octanol–water partition coefficient (Wildman–Crippen LogP) is 1.33. The van der Waals surface area contributed by atoms with Crippen molar-refractivity contribution < 1.29 is 4.79 Å². The van der Waals surface area contributed by atoms with Crippen molar-refractivity contribution >= 4 is 6.29 Å². The van der Waals surface area contributed by atoms with Crippen molar-refractivity contribution in [3.63, 3.8) is 0 Å². The van der Waals surface area contributed by atoms with Crippen LogP contribution < -0.4 is 5.32 Å². The third-order valence-corrected chi connectivity index (χ3v) is 2.55. The molecular formula is C13H20N2O. The molecular weight excluding hydrogens is 200 g/mol. The minimum Gasteiger partial charge on any atom is -0.314 e. The molecule has 1 heterocycles. The highest BCUT2D eigenvalue weighted by molar-refractivity contribution is 5.74. The first-order chi connectivity index (χ1) is 7.72. The number of aldehydes is 1. The van der Waals surface area contributed by atoms with Crippen LogP contribution in [0.15, 0.2) is 24.3 Å². The lowest BCUT2D eigenvalue weighted by Gasteiger charge is -2.21. The van der Waals surface area contributed by atoms with E-state index >= 15 is 0 Å². The maximum Gasteiger partial charge on any atom is 0.150 e. The monoisotopic (exact) mass is 220 g/mol. The molecule has 0 bridgehead atoms. The third kappa shape index (κ3) is 5.05. The third-order valence-electron chi connectivity index (χ3n) is 2.55. The summed E-state index contributed by atoms with van der Waals surface area (Å²) in [5.74, 6) is 0. The number of piperazine rings is 1. The molecule has 1 aliphatic heterocycles. The topological polar surface area (TPSA) is 32.3 Å². The summed E-state index contributed by atoms with van der Waals surface area (Å²) in [7, 11) is 2.15. The van der Waals surface area contributed by atoms with E-state index in [1.807, 2.05) is 31.2 Å². The Morgan fingerprint density at radius 3 is 2.12 bits per heavy atom. The molecule has 3 nitrogen and oxygen atoms in total. The van der Waals surface area contributed by atoms with E-state index in [1.165, 1.54) is 18.7 Å². The van der Waals surface area contributed by atoms with Crippen LogP contribution in [0.4, 0.5) is 0 Å². The van der Waals surface area contributed by atoms with Gasteiger partial charge < -0.3 is 10.2 Å². The zero-order chi connectivity index (χ0) is 11.8. The lowest BCUT2D eigenvalue weighted by Crippen LogP contribution is -2.40. The zero-order valence-electron chi connectivity index (χ0n) is 10.1. The van der Waals surface area contributed by atoms with E-state index in [4.69, 9.17) is 0 Å². The van der Waals surface area contributed by atoms with Gasteiger partial charge in [0.2, 0.25) is 0 Å². The van der Waals surface area contributed by atoms with Gasteiger partial charge in [-0.15, -0.1) is 0 Å². The van der Waals surface area contributed by atoms with E-state index < -0.39 is 0 Å². The normalized spacial score (nSPS) is 16.1. The number of likely N-dealkylation sites (N-methyl/N-ethyl adjacent to an activating group) is 1. The zero-order valence-corrected chi connectivity index (χ0v) is 10.1. The van der Waals surface area contributed by atoms with Crippen LogP contribution in [0.1, 0.15) is 15.9 Å². The van der Waals surface area contributed by atoms with Crippen LogP contribution >= 0.6 is 0 Å². The van der Waals surface area contributed by atoms with Crippen molar-refractivity contribution in [2.24, 2.45) is 0 Å². The van der Waals surface area contributed by atoms with Crippen molar-refractivity contribution in [2.75, 3.05) is 33.2 Å². The van der Waals surface area contributed by atoms with E-state index in [9.17, 15) is 4.79 Å². The molecule has 0 amide bonds. The molecule has 2 rings (SSSR count). The van der Waals surface area contributed by atoms with Crippen LogP contribution in [0.25, 0.3) is 0 Å². The minimum absolute atomic E-state index is 0.737. The summed E-state index contributed by atoms with van der Waals surface area (Å²) in [6, 6.07) is 7.46. The number of hydrogen-bond acceptors (Lipinski definition) is 3. The van der Waals surface area contributed by atoms with Crippen molar-refractivity contribution in [2.45, 2.75) is 6.92 Å². The molecule has 88 valence electrons. The van der Waals surface area contributed by atoms with Gasteiger partial charge in [-0.05, 0) is 14.0 Å². The van der Waals surface area contributed by atoms with Gasteiger partial charge in [0.25, 0.3) is 0 Å². The van der Waals surface area contributed by atoms with Crippen molar-refractivity contribution in [1.29, 1.82) is 0 Å². The van der Waals surface area contributed by atoms with Crippen molar-refractivity contribution in [3.05, 3.63) is 35.4 Å². The second-order valence-corrected chi connectivity index (χ2v) is 4.08. The van der Waals surface area contributed by atoms with Crippen LogP contribution in [0.3, 0.4) is 0 Å². The van der Waals surface area contributed by atoms with Crippen LogP contribution in [0.5, 0.6) is 0 Å². The lowest BCUT2D eigenvalue weighted by molar-refractivity contribution is 0.112. The molecule has 1 N–H and O–H groups in total. The van der Waals surface area contributed by atoms with Gasteiger partial charge in [-0.3, -0.25) is 4.79 Å². The Balaban J connectivity index is 0.000000165. The van der Waals surface area contributed by atoms with Gasteiger partial charge in [0, 0.05) is 31.7 Å². The van der Waals surface area contributed by atoms with Crippen LogP contribution in [-0.4, -0.2) is 44.4 Å². The predicted molar refractivity (Wildman–Crippen MR) is 66.9 cm³/mol. The first-order valence-electron chi connectivity index (χ1n) is 5.63. The fraction of sp³-hybridized carbons (Fsp3) is 0.462. The summed E-state index contributed by atoms with van der Waals surface area (Å²) in [6.45, 7) is 6.74. The Hall–Kier alpha value is -1.19. The van der Waals surface area contributed by atoms with Gasteiger partial charge in [0.1, 0.15) is 6.29 Å². The van der Waals surface area contributed by atoms with Crippen molar-refractivity contribution in [1.82, 2.24) is 10.2 Å². The molecule has 1 aromatic carbocycles. The largest absolute Gasteiger partial charge is 0.314 e. The summed E-state index contributed by atoms with van der Waals surface area (Å²) in [5.41, 5.74) is 1.92. The van der Waals surface area contributed by atoms with Gasteiger partial charge in [0.15, 0.2) is 0 Å². The number of rotatable bonds is 1. The highest BCUT2D eigenvalue weighted by atomic mass is 16.1. The standard InChI is InChI=1S/C8H8O.C5H12N2/c1-7-2-4-8(6-9)5-3-7;1-7-4-2-6-3-5-7/h2-6H,1H3;6H,2-5H2,1H3. The number of benzene rings is 1. The number of nitrogens with zero attached hydrogens (tertiary/aromatic N) is 1. The molecule has 1 fully saturated rings. The highest BCUT2D eigenvalue weighted by Gasteiger charge is 2.01. The second-order valence-electron chi connectivity index (χ2n) is 4.08. The molecule has 0 saturated carbocycles. The molecule has 0 unspecified atom stereocenters. The number of hydrogen-bond donors (Lipinski definition) is 1. The summed E-state index contributed by atoms with van der Waals surface area (Å²) >= 11 is 0. The maximum absolute atomic E-state index is 10.1. The first-order valence-corrected chi connectivity index (χ1v) is 5.63. The number of carbonyl (C=O) groups excluding carboxylic acids is 1. The molecule has 0 radical (unpaired) electrons. The molecule has 0 aromatic heterocycles. The lowest BCUT2D eigenvalue weighted by atomic mass is 10.2. The number of nitrogens with one attached hydrogen (secondary N) is 1. The fourth-order valence-corrected chi connectivity index (χ4v) is 1.42. The van der Waals surface area contributed by atoms with Gasteiger partial charge in [-0.2, -0.15) is 0 Å². The van der Waals surface area contributed by atoms with E-state index in [0.717, 1.165) is 24.9 Å². The van der Waals surface area contributed by atoms with Gasteiger partial charge in [0.05, 0.1) is 0 Å². The highest BCUT2D eigenvalue weighted by Crippen LogP contribution is 1.98. The molecule has 1 saturated heterocycles. The summed E-state index contributed by atoms with van der Waals surface area (Å²) in [6.07, 6.45) is 0.847. The van der Waals surface area contributed by atoms with Gasteiger partial charge in [-0.1, -0.05) is 29.8 Å². The average molecular weight is 220 g/mol. The Morgan fingerprint density at radius 1 is 1.19 bits per heavy atom. The molecule has 3 heteroatoms. The van der Waals surface area contributed by atoms with Crippen LogP contribution in [-0.2, 0) is 0 Å². The smallest absolute Gasteiger partial charge is 0.150 e.